The molecule has 142 valence electrons. The number of ether oxygens (including phenoxy) is 1. The number of methoxy groups -OCH3 is 1. The van der Waals surface area contributed by atoms with E-state index >= 15 is 0 Å². The first-order valence-corrected chi connectivity index (χ1v) is 10.9. The molecule has 3 saturated carbocycles. The Kier molecular flexibility index (Phi) is 4.55. The number of carbonyl (C=O) groups is 2. The van der Waals surface area contributed by atoms with E-state index in [9.17, 15) is 18.0 Å². The minimum Gasteiger partial charge on any atom is -0.468 e. The number of Topliss-reactive ketones (excluding diaryl/α,β-unsaturated/α-hetero) is 1. The number of esters is 1. The molecular formula is C18H29NO5S. The third kappa shape index (κ3) is 2.83. The highest BCUT2D eigenvalue weighted by Gasteiger charge is 2.65. The molecule has 0 aliphatic heterocycles. The van der Waals surface area contributed by atoms with Crippen LogP contribution in [0.3, 0.4) is 0 Å². The molecule has 0 heterocycles. The van der Waals surface area contributed by atoms with Crippen molar-refractivity contribution < 1.29 is 22.7 Å². The topological polar surface area (TPSA) is 89.5 Å². The highest BCUT2D eigenvalue weighted by Crippen LogP contribution is 2.64. The van der Waals surface area contributed by atoms with Crippen LogP contribution < -0.4 is 4.72 Å². The summed E-state index contributed by atoms with van der Waals surface area (Å²) in [4.78, 5) is 25.0. The molecule has 0 aromatic rings. The third-order valence-corrected chi connectivity index (χ3v) is 8.78. The Hall–Kier alpha value is -0.950. The fraction of sp³-hybridized carbons (Fsp3) is 0.889. The van der Waals surface area contributed by atoms with Crippen molar-refractivity contribution >= 4 is 21.8 Å². The van der Waals surface area contributed by atoms with E-state index in [2.05, 4.69) is 4.72 Å². The van der Waals surface area contributed by atoms with E-state index in [1.807, 2.05) is 13.8 Å². The summed E-state index contributed by atoms with van der Waals surface area (Å²) in [7, 11) is -2.51. The van der Waals surface area contributed by atoms with Crippen LogP contribution in [0.5, 0.6) is 0 Å². The van der Waals surface area contributed by atoms with Crippen LogP contribution in [0.1, 0.15) is 65.2 Å². The SMILES string of the molecule is COC(=O)C1(NS(=O)(=O)CC23CCC(CC2=O)C3(C)C)CCCCC1. The van der Waals surface area contributed by atoms with Gasteiger partial charge in [0.05, 0.1) is 12.9 Å². The first kappa shape index (κ1) is 18.8. The van der Waals surface area contributed by atoms with Crippen LogP contribution in [0.25, 0.3) is 0 Å². The Labute approximate surface area is 150 Å². The van der Waals surface area contributed by atoms with E-state index in [-0.39, 0.29) is 22.9 Å². The Bertz CT molecular complexity index is 678. The number of sulfonamides is 1. The summed E-state index contributed by atoms with van der Waals surface area (Å²) in [6, 6.07) is 0. The number of ketones is 1. The van der Waals surface area contributed by atoms with Gasteiger partial charge in [-0.05, 0) is 37.0 Å². The molecule has 6 nitrogen and oxygen atoms in total. The quantitative estimate of drug-likeness (QED) is 0.748. The largest absolute Gasteiger partial charge is 0.468 e. The van der Waals surface area contributed by atoms with Gasteiger partial charge in [0.25, 0.3) is 0 Å². The summed E-state index contributed by atoms with van der Waals surface area (Å²) in [6.07, 6.45) is 5.45. The molecule has 0 aromatic heterocycles. The molecule has 3 aliphatic carbocycles. The maximum absolute atomic E-state index is 13.0. The van der Waals surface area contributed by atoms with Crippen LogP contribution in [0.15, 0.2) is 0 Å². The summed E-state index contributed by atoms with van der Waals surface area (Å²) < 4.78 is 33.6. The molecule has 0 amide bonds. The van der Waals surface area contributed by atoms with E-state index < -0.39 is 26.9 Å². The smallest absolute Gasteiger partial charge is 0.327 e. The fourth-order valence-corrected chi connectivity index (χ4v) is 7.75. The van der Waals surface area contributed by atoms with Gasteiger partial charge in [-0.15, -0.1) is 0 Å². The average Bonchev–Trinajstić information content (AvgIpc) is 2.88. The zero-order valence-electron chi connectivity index (χ0n) is 15.4. The van der Waals surface area contributed by atoms with Crippen LogP contribution in [0, 0.1) is 16.7 Å². The average molecular weight is 371 g/mol. The number of rotatable bonds is 5. The van der Waals surface area contributed by atoms with Crippen molar-refractivity contribution in [2.24, 2.45) is 16.7 Å². The second-order valence-corrected chi connectivity index (χ2v) is 10.4. The van der Waals surface area contributed by atoms with Gasteiger partial charge in [0.15, 0.2) is 0 Å². The molecule has 2 unspecified atom stereocenters. The van der Waals surface area contributed by atoms with Crippen molar-refractivity contribution in [3.63, 3.8) is 0 Å². The predicted octanol–water partition coefficient (Wildman–Crippen LogP) is 2.18. The number of hydrogen-bond donors (Lipinski definition) is 1. The fourth-order valence-electron chi connectivity index (χ4n) is 5.46. The van der Waals surface area contributed by atoms with Crippen LogP contribution in [0.2, 0.25) is 0 Å². The molecule has 0 radical (unpaired) electrons. The molecular weight excluding hydrogens is 342 g/mol. The lowest BCUT2D eigenvalue weighted by atomic mass is 9.70. The molecule has 2 atom stereocenters. The van der Waals surface area contributed by atoms with Gasteiger partial charge >= 0.3 is 5.97 Å². The molecule has 7 heteroatoms. The molecule has 3 aliphatic rings. The van der Waals surface area contributed by atoms with Gasteiger partial charge in [0.2, 0.25) is 10.0 Å². The molecule has 0 saturated heterocycles. The maximum atomic E-state index is 13.0. The van der Waals surface area contributed by atoms with Crippen molar-refractivity contribution in [1.82, 2.24) is 4.72 Å². The number of nitrogens with one attached hydrogen (secondary N) is 1. The van der Waals surface area contributed by atoms with Gasteiger partial charge in [0, 0.05) is 11.8 Å². The zero-order valence-corrected chi connectivity index (χ0v) is 16.2. The Morgan fingerprint density at radius 2 is 1.84 bits per heavy atom. The lowest BCUT2D eigenvalue weighted by Gasteiger charge is -2.39. The number of fused-ring (bicyclic) bond motifs is 2. The second-order valence-electron chi connectivity index (χ2n) is 8.66. The van der Waals surface area contributed by atoms with Gasteiger partial charge in [-0.3, -0.25) is 9.59 Å². The van der Waals surface area contributed by atoms with Crippen molar-refractivity contribution in [3.05, 3.63) is 0 Å². The third-order valence-electron chi connectivity index (χ3n) is 7.21. The summed E-state index contributed by atoms with van der Waals surface area (Å²) in [5.74, 6) is -0.412. The van der Waals surface area contributed by atoms with Crippen molar-refractivity contribution in [1.29, 1.82) is 0 Å². The normalized spacial score (nSPS) is 33.4. The van der Waals surface area contributed by atoms with Crippen LogP contribution in [0.4, 0.5) is 0 Å². The summed E-state index contributed by atoms with van der Waals surface area (Å²) in [5.41, 5.74) is -2.31. The Balaban J connectivity index is 1.87. The molecule has 0 aromatic carbocycles. The monoisotopic (exact) mass is 371 g/mol. The van der Waals surface area contributed by atoms with Gasteiger partial charge in [-0.25, -0.2) is 8.42 Å². The van der Waals surface area contributed by atoms with E-state index in [4.69, 9.17) is 4.74 Å². The molecule has 25 heavy (non-hydrogen) atoms. The first-order valence-electron chi connectivity index (χ1n) is 9.22. The highest BCUT2D eigenvalue weighted by molar-refractivity contribution is 7.89. The molecule has 1 N–H and O–H groups in total. The standard InChI is InChI=1S/C18H29NO5S/c1-16(2)13-7-10-17(16,14(20)11-13)12-25(22,23)19-18(15(21)24-3)8-5-4-6-9-18/h13,19H,4-12H2,1-3H3. The summed E-state index contributed by atoms with van der Waals surface area (Å²) >= 11 is 0. The van der Waals surface area contributed by atoms with Crippen molar-refractivity contribution in [2.75, 3.05) is 12.9 Å². The zero-order chi connectivity index (χ0) is 18.5. The van der Waals surface area contributed by atoms with E-state index in [1.165, 1.54) is 7.11 Å². The minimum atomic E-state index is -3.80. The highest BCUT2D eigenvalue weighted by atomic mass is 32.2. The van der Waals surface area contributed by atoms with Crippen LogP contribution in [-0.4, -0.2) is 38.6 Å². The van der Waals surface area contributed by atoms with E-state index in [0.29, 0.717) is 25.7 Å². The molecule has 3 fully saturated rings. The number of carbonyl (C=O) groups excluding carboxylic acids is 2. The van der Waals surface area contributed by atoms with Crippen molar-refractivity contribution in [3.8, 4) is 0 Å². The lowest BCUT2D eigenvalue weighted by Crippen LogP contribution is -2.58. The van der Waals surface area contributed by atoms with Gasteiger partial charge in [0.1, 0.15) is 11.3 Å². The Morgan fingerprint density at radius 1 is 1.20 bits per heavy atom. The molecule has 3 rings (SSSR count). The summed E-state index contributed by atoms with van der Waals surface area (Å²) in [5, 5.41) is 0. The van der Waals surface area contributed by atoms with Crippen LogP contribution >= 0.6 is 0 Å². The lowest BCUT2D eigenvalue weighted by molar-refractivity contribution is -0.149. The van der Waals surface area contributed by atoms with Crippen LogP contribution in [-0.2, 0) is 24.3 Å². The minimum absolute atomic E-state index is 0.0647. The first-order chi connectivity index (χ1) is 11.6. The van der Waals surface area contributed by atoms with Crippen molar-refractivity contribution in [2.45, 2.75) is 70.8 Å². The maximum Gasteiger partial charge on any atom is 0.327 e. The molecule has 2 bridgehead atoms. The van der Waals surface area contributed by atoms with E-state index in [0.717, 1.165) is 25.7 Å². The Morgan fingerprint density at radius 3 is 2.32 bits per heavy atom. The summed E-state index contributed by atoms with van der Waals surface area (Å²) in [6.45, 7) is 4.03. The van der Waals surface area contributed by atoms with Gasteiger partial charge in [-0.2, -0.15) is 4.72 Å². The second kappa shape index (κ2) is 6.05. The van der Waals surface area contributed by atoms with E-state index in [1.54, 1.807) is 0 Å². The number of hydrogen-bond acceptors (Lipinski definition) is 5. The van der Waals surface area contributed by atoms with Gasteiger partial charge in [-0.1, -0.05) is 33.1 Å². The molecule has 0 spiro atoms. The predicted molar refractivity (Wildman–Crippen MR) is 93.3 cm³/mol. The van der Waals surface area contributed by atoms with Gasteiger partial charge < -0.3 is 4.74 Å².